The zero-order valence-corrected chi connectivity index (χ0v) is 12.4. The van der Waals surface area contributed by atoms with Crippen molar-refractivity contribution in [1.82, 2.24) is 0 Å². The molecular weight excluding hydrogens is 328 g/mol. The van der Waals surface area contributed by atoms with E-state index < -0.39 is 27.2 Å². The van der Waals surface area contributed by atoms with Gasteiger partial charge >= 0.3 is 5.97 Å². The second kappa shape index (κ2) is 6.41. The van der Waals surface area contributed by atoms with E-state index in [2.05, 4.69) is 0 Å². The highest BCUT2D eigenvalue weighted by atomic mass is 35.5. The average molecular weight is 337 g/mol. The van der Waals surface area contributed by atoms with Crippen LogP contribution in [0.3, 0.4) is 0 Å². The van der Waals surface area contributed by atoms with Crippen molar-refractivity contribution in [3.8, 4) is 5.75 Å². The highest BCUT2D eigenvalue weighted by molar-refractivity contribution is 6.32. The highest BCUT2D eigenvalue weighted by Gasteiger charge is 2.21. The van der Waals surface area contributed by atoms with Crippen LogP contribution >= 0.6 is 11.6 Å². The van der Waals surface area contributed by atoms with Crippen LogP contribution in [0.1, 0.15) is 15.9 Å². The van der Waals surface area contributed by atoms with Crippen molar-refractivity contribution in [2.24, 2.45) is 0 Å². The quantitative estimate of drug-likeness (QED) is 0.364. The minimum absolute atomic E-state index is 0.0609. The van der Waals surface area contributed by atoms with Crippen LogP contribution < -0.4 is 4.74 Å². The first-order valence-electron chi connectivity index (χ1n) is 6.20. The van der Waals surface area contributed by atoms with E-state index in [1.807, 2.05) is 0 Å². The Morgan fingerprint density at radius 1 is 1.04 bits per heavy atom. The van der Waals surface area contributed by atoms with Gasteiger partial charge < -0.3 is 4.74 Å². The molecule has 0 aliphatic heterocycles. The van der Waals surface area contributed by atoms with Crippen LogP contribution in [0.5, 0.6) is 5.75 Å². The number of nitro groups is 2. The summed E-state index contributed by atoms with van der Waals surface area (Å²) in [4.78, 5) is 32.1. The molecule has 9 heteroatoms. The van der Waals surface area contributed by atoms with Gasteiger partial charge in [-0.15, -0.1) is 0 Å². The molecular formula is C14H9ClN2O6. The number of nitro benzene ring substituents is 2. The number of hydrogen-bond acceptors (Lipinski definition) is 6. The van der Waals surface area contributed by atoms with Crippen LogP contribution in [-0.4, -0.2) is 15.8 Å². The molecule has 0 fully saturated rings. The lowest BCUT2D eigenvalue weighted by molar-refractivity contribution is -0.394. The van der Waals surface area contributed by atoms with Crippen LogP contribution in [0.2, 0.25) is 5.02 Å². The summed E-state index contributed by atoms with van der Waals surface area (Å²) in [7, 11) is 0. The zero-order valence-electron chi connectivity index (χ0n) is 11.7. The van der Waals surface area contributed by atoms with Crippen molar-refractivity contribution in [2.75, 3.05) is 0 Å². The lowest BCUT2D eigenvalue weighted by atomic mass is 10.1. The van der Waals surface area contributed by atoms with E-state index in [0.29, 0.717) is 0 Å². The monoisotopic (exact) mass is 336 g/mol. The third-order valence-corrected chi connectivity index (χ3v) is 3.16. The van der Waals surface area contributed by atoms with Crippen molar-refractivity contribution < 1.29 is 19.4 Å². The van der Waals surface area contributed by atoms with Gasteiger partial charge in [0.25, 0.3) is 11.4 Å². The summed E-state index contributed by atoms with van der Waals surface area (Å²) in [5.74, 6) is -0.921. The fourth-order valence-electron chi connectivity index (χ4n) is 1.77. The van der Waals surface area contributed by atoms with Crippen molar-refractivity contribution in [2.45, 2.75) is 6.92 Å². The number of ether oxygens (including phenoxy) is 1. The summed E-state index contributed by atoms with van der Waals surface area (Å²) < 4.78 is 5.07. The second-order valence-electron chi connectivity index (χ2n) is 4.58. The van der Waals surface area contributed by atoms with Gasteiger partial charge in [0.2, 0.25) is 0 Å². The summed E-state index contributed by atoms with van der Waals surface area (Å²) in [6, 6.07) is 7.30. The molecule has 2 rings (SSSR count). The standard InChI is InChI=1S/C14H9ClN2O6/c1-8-2-3-12(15)13(4-8)23-14(18)9-5-10(16(19)20)7-11(6-9)17(21)22/h2-7H,1H3. The molecule has 2 aromatic carbocycles. The summed E-state index contributed by atoms with van der Waals surface area (Å²) in [5, 5.41) is 21.8. The van der Waals surface area contributed by atoms with Crippen LogP contribution in [0.25, 0.3) is 0 Å². The van der Waals surface area contributed by atoms with E-state index in [4.69, 9.17) is 16.3 Å². The van der Waals surface area contributed by atoms with E-state index in [1.165, 1.54) is 12.1 Å². The minimum atomic E-state index is -0.982. The SMILES string of the molecule is Cc1ccc(Cl)c(OC(=O)c2cc([N+](=O)[O-])cc([N+](=O)[O-])c2)c1. The number of carbonyl (C=O) groups is 1. The number of hydrogen-bond donors (Lipinski definition) is 0. The third-order valence-electron chi connectivity index (χ3n) is 2.85. The number of carbonyl (C=O) groups excluding carboxylic acids is 1. The fourth-order valence-corrected chi connectivity index (χ4v) is 1.93. The van der Waals surface area contributed by atoms with Crippen molar-refractivity contribution in [3.63, 3.8) is 0 Å². The Kier molecular flexibility index (Phi) is 4.56. The van der Waals surface area contributed by atoms with Gasteiger partial charge in [0.05, 0.1) is 26.5 Å². The molecule has 0 spiro atoms. The van der Waals surface area contributed by atoms with Gasteiger partial charge in [0.15, 0.2) is 0 Å². The number of rotatable bonds is 4. The molecule has 0 heterocycles. The number of aryl methyl sites for hydroxylation is 1. The van der Waals surface area contributed by atoms with Gasteiger partial charge in [-0.2, -0.15) is 0 Å². The Balaban J connectivity index is 2.40. The second-order valence-corrected chi connectivity index (χ2v) is 4.98. The third kappa shape index (κ3) is 3.80. The first kappa shape index (κ1) is 16.4. The van der Waals surface area contributed by atoms with E-state index in [-0.39, 0.29) is 16.3 Å². The van der Waals surface area contributed by atoms with Crippen molar-refractivity contribution >= 4 is 28.9 Å². The van der Waals surface area contributed by atoms with Gasteiger partial charge in [-0.25, -0.2) is 4.79 Å². The van der Waals surface area contributed by atoms with Crippen LogP contribution in [0.15, 0.2) is 36.4 Å². The highest BCUT2D eigenvalue weighted by Crippen LogP contribution is 2.28. The van der Waals surface area contributed by atoms with E-state index in [9.17, 15) is 25.0 Å². The summed E-state index contributed by atoms with van der Waals surface area (Å²) in [5.41, 5.74) is -0.700. The number of halogens is 1. The summed E-state index contributed by atoms with van der Waals surface area (Å²) in [6.45, 7) is 1.76. The van der Waals surface area contributed by atoms with E-state index in [0.717, 1.165) is 23.8 Å². The molecule has 0 amide bonds. The fraction of sp³-hybridized carbons (Fsp3) is 0.0714. The maximum Gasteiger partial charge on any atom is 0.344 e. The van der Waals surface area contributed by atoms with Gasteiger partial charge in [0.1, 0.15) is 5.75 Å². The molecule has 0 aliphatic rings. The number of nitrogens with zero attached hydrogens (tertiary/aromatic N) is 2. The predicted molar refractivity (Wildman–Crippen MR) is 80.9 cm³/mol. The van der Waals surface area contributed by atoms with Crippen molar-refractivity contribution in [3.05, 3.63) is 72.8 Å². The predicted octanol–water partition coefficient (Wildman–Crippen LogP) is 3.68. The largest absolute Gasteiger partial charge is 0.421 e. The van der Waals surface area contributed by atoms with E-state index >= 15 is 0 Å². The Morgan fingerprint density at radius 3 is 2.13 bits per heavy atom. The molecule has 0 saturated heterocycles. The first-order chi connectivity index (χ1) is 10.8. The number of non-ortho nitro benzene ring substituents is 2. The molecule has 0 unspecified atom stereocenters. The summed E-state index contributed by atoms with van der Waals surface area (Å²) >= 11 is 5.90. The smallest absolute Gasteiger partial charge is 0.344 e. The molecule has 0 atom stereocenters. The van der Waals surface area contributed by atoms with Gasteiger partial charge in [-0.3, -0.25) is 20.2 Å². The molecule has 0 aliphatic carbocycles. The molecule has 0 bridgehead atoms. The van der Waals surface area contributed by atoms with Crippen LogP contribution in [0.4, 0.5) is 11.4 Å². The van der Waals surface area contributed by atoms with Gasteiger partial charge in [0, 0.05) is 12.1 Å². The van der Waals surface area contributed by atoms with Gasteiger partial charge in [-0.05, 0) is 24.6 Å². The zero-order chi connectivity index (χ0) is 17.1. The Hall–Kier alpha value is -3.00. The normalized spacial score (nSPS) is 10.2. The molecule has 0 saturated carbocycles. The average Bonchev–Trinajstić information content (AvgIpc) is 2.50. The topological polar surface area (TPSA) is 113 Å². The van der Waals surface area contributed by atoms with Gasteiger partial charge in [-0.1, -0.05) is 17.7 Å². The molecule has 118 valence electrons. The lowest BCUT2D eigenvalue weighted by Gasteiger charge is -2.07. The molecule has 2 aromatic rings. The maximum atomic E-state index is 12.1. The Labute approximate surface area is 134 Å². The van der Waals surface area contributed by atoms with Crippen LogP contribution in [-0.2, 0) is 0 Å². The number of benzene rings is 2. The molecule has 23 heavy (non-hydrogen) atoms. The van der Waals surface area contributed by atoms with E-state index in [1.54, 1.807) is 13.0 Å². The van der Waals surface area contributed by atoms with Crippen LogP contribution in [0, 0.1) is 27.2 Å². The van der Waals surface area contributed by atoms with Crippen molar-refractivity contribution in [1.29, 1.82) is 0 Å². The molecule has 0 N–H and O–H groups in total. The molecule has 8 nitrogen and oxygen atoms in total. The Bertz CT molecular complexity index is 789. The molecule has 0 radical (unpaired) electrons. The maximum absolute atomic E-state index is 12.1. The lowest BCUT2D eigenvalue weighted by Crippen LogP contribution is -2.10. The number of esters is 1. The molecule has 0 aromatic heterocycles. The minimum Gasteiger partial charge on any atom is -0.421 e. The Morgan fingerprint density at radius 2 is 1.61 bits per heavy atom. The summed E-state index contributed by atoms with van der Waals surface area (Å²) in [6.07, 6.45) is 0. The first-order valence-corrected chi connectivity index (χ1v) is 6.58.